The van der Waals surface area contributed by atoms with Gasteiger partial charge < -0.3 is 19.3 Å². The highest BCUT2D eigenvalue weighted by atomic mass is 16.6. The molecule has 0 aliphatic heterocycles. The van der Waals surface area contributed by atoms with E-state index in [2.05, 4.69) is 6.92 Å². The lowest BCUT2D eigenvalue weighted by Gasteiger charge is -2.35. The monoisotopic (exact) mass is 514 g/mol. The zero-order valence-electron chi connectivity index (χ0n) is 24.4. The van der Waals surface area contributed by atoms with Crippen LogP contribution in [0.3, 0.4) is 0 Å². The Morgan fingerprint density at radius 1 is 0.694 bits per heavy atom. The molecule has 0 aliphatic carbocycles. The molecule has 0 aromatic rings. The van der Waals surface area contributed by atoms with Crippen LogP contribution in [0.1, 0.15) is 139 Å². The van der Waals surface area contributed by atoms with Crippen molar-refractivity contribution in [2.24, 2.45) is 5.41 Å². The molecule has 1 N–H and O–H groups in total. The van der Waals surface area contributed by atoms with E-state index >= 15 is 0 Å². The third-order valence-corrected chi connectivity index (χ3v) is 5.90. The number of hydrogen-bond acceptors (Lipinski definition) is 7. The maximum Gasteiger partial charge on any atom is 0.324 e. The van der Waals surface area contributed by atoms with Gasteiger partial charge in [-0.1, -0.05) is 45.4 Å². The standard InChI is InChI=1S/C29H54O7/c1-9-11-14-18-23(30)19-17-22-29(25(32)35-27(3,4)5,26(33)36-28(6,7)8)21-16-13-12-15-20-24(31)34-10-2/h23,30H,9-22H2,1-8H3/t23-/m1/s1. The summed E-state index contributed by atoms with van der Waals surface area (Å²) in [7, 11) is 0. The number of unbranched alkanes of at least 4 members (excludes halogenated alkanes) is 5. The van der Waals surface area contributed by atoms with E-state index < -0.39 is 34.7 Å². The average molecular weight is 515 g/mol. The number of carbonyl (C=O) groups is 3. The molecular formula is C29H54O7. The van der Waals surface area contributed by atoms with Gasteiger partial charge in [-0.2, -0.15) is 0 Å². The van der Waals surface area contributed by atoms with Crippen LogP contribution in [0.25, 0.3) is 0 Å². The Balaban J connectivity index is 5.50. The number of esters is 3. The fourth-order valence-electron chi connectivity index (χ4n) is 4.06. The predicted octanol–water partition coefficient (Wildman–Crippen LogP) is 6.67. The molecule has 0 aromatic carbocycles. The quantitative estimate of drug-likeness (QED) is 0.0943. The largest absolute Gasteiger partial charge is 0.466 e. The summed E-state index contributed by atoms with van der Waals surface area (Å²) in [4.78, 5) is 38.6. The topological polar surface area (TPSA) is 99.1 Å². The molecule has 7 heteroatoms. The van der Waals surface area contributed by atoms with E-state index in [1.54, 1.807) is 48.5 Å². The van der Waals surface area contributed by atoms with E-state index in [0.717, 1.165) is 38.5 Å². The summed E-state index contributed by atoms with van der Waals surface area (Å²) >= 11 is 0. The van der Waals surface area contributed by atoms with Crippen molar-refractivity contribution in [3.8, 4) is 0 Å². The molecule has 0 fully saturated rings. The molecule has 0 bridgehead atoms. The predicted molar refractivity (Wildman–Crippen MR) is 142 cm³/mol. The molecular weight excluding hydrogens is 460 g/mol. The van der Waals surface area contributed by atoms with Crippen LogP contribution in [0, 0.1) is 5.41 Å². The molecule has 0 radical (unpaired) electrons. The number of aliphatic hydroxyl groups is 1. The van der Waals surface area contributed by atoms with Crippen LogP contribution in [-0.4, -0.2) is 46.9 Å². The van der Waals surface area contributed by atoms with E-state index in [9.17, 15) is 19.5 Å². The lowest BCUT2D eigenvalue weighted by Crippen LogP contribution is -2.47. The zero-order valence-corrected chi connectivity index (χ0v) is 24.4. The van der Waals surface area contributed by atoms with Crippen molar-refractivity contribution in [1.82, 2.24) is 0 Å². The van der Waals surface area contributed by atoms with Crippen LogP contribution in [0.5, 0.6) is 0 Å². The second kappa shape index (κ2) is 17.0. The number of carbonyl (C=O) groups excluding carboxylic acids is 3. The van der Waals surface area contributed by atoms with E-state index in [4.69, 9.17) is 14.2 Å². The average Bonchev–Trinajstić information content (AvgIpc) is 2.72. The molecule has 36 heavy (non-hydrogen) atoms. The Morgan fingerprint density at radius 2 is 1.19 bits per heavy atom. The van der Waals surface area contributed by atoms with Gasteiger partial charge in [0.15, 0.2) is 5.41 Å². The normalized spacial score (nSPS) is 13.2. The molecule has 1 atom stereocenters. The third kappa shape index (κ3) is 15.5. The highest BCUT2D eigenvalue weighted by Crippen LogP contribution is 2.38. The molecule has 0 amide bonds. The minimum Gasteiger partial charge on any atom is -0.466 e. The number of rotatable bonds is 18. The van der Waals surface area contributed by atoms with Gasteiger partial charge in [0.1, 0.15) is 11.2 Å². The van der Waals surface area contributed by atoms with Gasteiger partial charge in [-0.15, -0.1) is 0 Å². The van der Waals surface area contributed by atoms with Crippen LogP contribution in [0.2, 0.25) is 0 Å². The molecule has 0 saturated heterocycles. The summed E-state index contributed by atoms with van der Waals surface area (Å²) in [5, 5.41) is 10.4. The van der Waals surface area contributed by atoms with Gasteiger partial charge in [-0.25, -0.2) is 0 Å². The van der Waals surface area contributed by atoms with Crippen molar-refractivity contribution >= 4 is 17.9 Å². The summed E-state index contributed by atoms with van der Waals surface area (Å²) in [6, 6.07) is 0. The van der Waals surface area contributed by atoms with Gasteiger partial charge in [0.05, 0.1) is 12.7 Å². The van der Waals surface area contributed by atoms with Crippen molar-refractivity contribution in [2.75, 3.05) is 6.61 Å². The molecule has 0 rings (SSSR count). The van der Waals surface area contributed by atoms with Crippen molar-refractivity contribution in [2.45, 2.75) is 156 Å². The Hall–Kier alpha value is -1.63. The van der Waals surface area contributed by atoms with Gasteiger partial charge in [0, 0.05) is 6.42 Å². The lowest BCUT2D eigenvalue weighted by molar-refractivity contribution is -0.187. The first-order chi connectivity index (χ1) is 16.7. The Labute approximate surface area is 220 Å². The molecule has 0 heterocycles. The van der Waals surface area contributed by atoms with Crippen molar-refractivity contribution in [3.63, 3.8) is 0 Å². The second-order valence-corrected chi connectivity index (χ2v) is 11.8. The van der Waals surface area contributed by atoms with Gasteiger partial charge in [0.25, 0.3) is 0 Å². The fraction of sp³-hybridized carbons (Fsp3) is 0.897. The van der Waals surface area contributed by atoms with Crippen molar-refractivity contribution in [3.05, 3.63) is 0 Å². The molecule has 212 valence electrons. The molecule has 0 unspecified atom stereocenters. The van der Waals surface area contributed by atoms with Gasteiger partial charge in [-0.05, 0) is 87.0 Å². The number of hydrogen-bond donors (Lipinski definition) is 1. The molecule has 0 spiro atoms. The van der Waals surface area contributed by atoms with Gasteiger partial charge in [-0.3, -0.25) is 14.4 Å². The fourth-order valence-corrected chi connectivity index (χ4v) is 4.06. The van der Waals surface area contributed by atoms with Crippen LogP contribution in [0.15, 0.2) is 0 Å². The number of ether oxygens (including phenoxy) is 3. The van der Waals surface area contributed by atoms with Crippen molar-refractivity contribution < 1.29 is 33.7 Å². The van der Waals surface area contributed by atoms with Crippen LogP contribution in [0.4, 0.5) is 0 Å². The lowest BCUT2D eigenvalue weighted by atomic mass is 9.77. The minimum atomic E-state index is -1.43. The Morgan fingerprint density at radius 3 is 1.69 bits per heavy atom. The van der Waals surface area contributed by atoms with Crippen LogP contribution < -0.4 is 0 Å². The summed E-state index contributed by atoms with van der Waals surface area (Å²) in [6.07, 6.45) is 8.29. The van der Waals surface area contributed by atoms with E-state index in [0.29, 0.717) is 45.1 Å². The van der Waals surface area contributed by atoms with E-state index in [1.165, 1.54) is 0 Å². The van der Waals surface area contributed by atoms with Crippen molar-refractivity contribution in [1.29, 1.82) is 0 Å². The van der Waals surface area contributed by atoms with Gasteiger partial charge >= 0.3 is 17.9 Å². The molecule has 0 aliphatic rings. The second-order valence-electron chi connectivity index (χ2n) is 11.8. The first kappa shape index (κ1) is 34.4. The van der Waals surface area contributed by atoms with E-state index in [1.807, 2.05) is 0 Å². The minimum absolute atomic E-state index is 0.202. The van der Waals surface area contributed by atoms with Crippen LogP contribution in [-0.2, 0) is 28.6 Å². The first-order valence-electron chi connectivity index (χ1n) is 14.0. The Bertz CT molecular complexity index is 615. The Kier molecular flexibility index (Phi) is 16.2. The zero-order chi connectivity index (χ0) is 27.8. The first-order valence-corrected chi connectivity index (χ1v) is 14.0. The van der Waals surface area contributed by atoms with E-state index in [-0.39, 0.29) is 12.4 Å². The maximum absolute atomic E-state index is 13.5. The third-order valence-electron chi connectivity index (χ3n) is 5.90. The maximum atomic E-state index is 13.5. The molecule has 0 saturated carbocycles. The highest BCUT2D eigenvalue weighted by Gasteiger charge is 2.50. The molecule has 7 nitrogen and oxygen atoms in total. The van der Waals surface area contributed by atoms with Gasteiger partial charge in [0.2, 0.25) is 0 Å². The molecule has 0 aromatic heterocycles. The SMILES string of the molecule is CCCCC[C@@H](O)CCCC(CCCCCCC(=O)OCC)(C(=O)OC(C)(C)C)C(=O)OC(C)(C)C. The highest BCUT2D eigenvalue weighted by molar-refractivity contribution is 6.00. The smallest absolute Gasteiger partial charge is 0.324 e. The summed E-state index contributed by atoms with van der Waals surface area (Å²) in [5.41, 5.74) is -2.92. The van der Waals surface area contributed by atoms with Crippen LogP contribution >= 0.6 is 0 Å². The summed E-state index contributed by atoms with van der Waals surface area (Å²) < 4.78 is 16.5. The summed E-state index contributed by atoms with van der Waals surface area (Å²) in [5.74, 6) is -1.32. The summed E-state index contributed by atoms with van der Waals surface area (Å²) in [6.45, 7) is 15.0. The number of aliphatic hydroxyl groups excluding tert-OH is 1.